The second-order valence-electron chi connectivity index (χ2n) is 2.43. The van der Waals surface area contributed by atoms with E-state index in [0.717, 1.165) is 0 Å². The van der Waals surface area contributed by atoms with E-state index in [9.17, 15) is 0 Å². The zero-order valence-electron chi connectivity index (χ0n) is 6.44. The van der Waals surface area contributed by atoms with Crippen molar-refractivity contribution in [3.05, 3.63) is 0 Å². The summed E-state index contributed by atoms with van der Waals surface area (Å²) in [6.07, 6.45) is 0. The Bertz CT molecular complexity index is 50.5. The van der Waals surface area contributed by atoms with Crippen molar-refractivity contribution >= 4 is 16.5 Å². The molecule has 0 aromatic carbocycles. The fourth-order valence-electron chi connectivity index (χ4n) is 1.02. The van der Waals surface area contributed by atoms with Gasteiger partial charge in [-0.3, -0.25) is 0 Å². The van der Waals surface area contributed by atoms with Crippen LogP contribution in [0.4, 0.5) is 0 Å². The fraction of sp³-hybridized carbons (Fsp3) is 1.00. The first-order valence-electron chi connectivity index (χ1n) is 3.38. The monoisotopic (exact) mass is 171 g/mol. The van der Waals surface area contributed by atoms with Gasteiger partial charge < -0.3 is 0 Å². The quantitative estimate of drug-likeness (QED) is 0.584. The molecule has 2 heteroatoms. The Morgan fingerprint density at radius 1 is 1.12 bits per heavy atom. The molecular weight excluding hydrogens is 156 g/mol. The molecule has 0 aliphatic heterocycles. The first-order chi connectivity index (χ1) is 3.72. The van der Waals surface area contributed by atoms with E-state index in [-0.39, 0.29) is 0 Å². The third-order valence-electron chi connectivity index (χ3n) is 1.67. The summed E-state index contributed by atoms with van der Waals surface area (Å²) in [7, 11) is 4.44. The standard InChI is InChI=1S/C2H6N.2C2H5.Ga/c1-3-2;2*1-2;/h1-2H3;2*1H2,2H3;/q-1;;;+1. The molecular formula is C6H16GaN. The molecule has 0 amide bonds. The van der Waals surface area contributed by atoms with Gasteiger partial charge in [0.05, 0.1) is 0 Å². The molecule has 48 valence electrons. The second-order valence-corrected chi connectivity index (χ2v) is 10.8. The zero-order chi connectivity index (χ0) is 6.57. The van der Waals surface area contributed by atoms with Crippen LogP contribution in [0, 0.1) is 0 Å². The minimum absolute atomic E-state index is 0.859. The topological polar surface area (TPSA) is 3.24 Å². The summed E-state index contributed by atoms with van der Waals surface area (Å²) < 4.78 is 2.47. The molecule has 0 spiro atoms. The molecule has 0 fully saturated rings. The molecule has 1 nitrogen and oxygen atoms in total. The molecule has 0 aliphatic rings. The van der Waals surface area contributed by atoms with Gasteiger partial charge in [-0.2, -0.15) is 0 Å². The fourth-order valence-corrected chi connectivity index (χ4v) is 5.29. The van der Waals surface area contributed by atoms with Gasteiger partial charge in [-0.05, 0) is 0 Å². The SMILES string of the molecule is C[CH2][Ga]([CH2]C)[N](C)C. The van der Waals surface area contributed by atoms with Crippen LogP contribution < -0.4 is 0 Å². The maximum absolute atomic E-state index is 2.47. The first kappa shape index (κ1) is 8.60. The van der Waals surface area contributed by atoms with Crippen molar-refractivity contribution in [1.29, 1.82) is 0 Å². The van der Waals surface area contributed by atoms with Crippen LogP contribution in [-0.4, -0.2) is 34.2 Å². The summed E-state index contributed by atoms with van der Waals surface area (Å²) >= 11 is -0.859. The van der Waals surface area contributed by atoms with Crippen LogP contribution in [0.2, 0.25) is 9.95 Å². The van der Waals surface area contributed by atoms with Crippen molar-refractivity contribution in [2.24, 2.45) is 0 Å². The van der Waals surface area contributed by atoms with Gasteiger partial charge in [0, 0.05) is 0 Å². The van der Waals surface area contributed by atoms with Crippen LogP contribution in [0.1, 0.15) is 13.8 Å². The molecule has 0 aliphatic carbocycles. The molecule has 0 rings (SSSR count). The van der Waals surface area contributed by atoms with Crippen molar-refractivity contribution in [1.82, 2.24) is 3.61 Å². The van der Waals surface area contributed by atoms with E-state index in [4.69, 9.17) is 0 Å². The number of hydrogen-bond acceptors (Lipinski definition) is 1. The molecule has 0 saturated heterocycles. The van der Waals surface area contributed by atoms with Crippen molar-refractivity contribution < 1.29 is 0 Å². The normalized spacial score (nSPS) is 10.1. The van der Waals surface area contributed by atoms with E-state index in [1.54, 1.807) is 0 Å². The van der Waals surface area contributed by atoms with Gasteiger partial charge in [0.1, 0.15) is 0 Å². The summed E-state index contributed by atoms with van der Waals surface area (Å²) in [6.45, 7) is 4.63. The van der Waals surface area contributed by atoms with E-state index in [0.29, 0.717) is 0 Å². The molecule has 0 saturated carbocycles. The minimum atomic E-state index is -0.859. The molecule has 0 unspecified atom stereocenters. The Hall–Kier alpha value is 0.596. The van der Waals surface area contributed by atoms with E-state index < -0.39 is 16.5 Å². The molecule has 8 heavy (non-hydrogen) atoms. The van der Waals surface area contributed by atoms with E-state index in [1.165, 1.54) is 9.95 Å². The summed E-state index contributed by atoms with van der Waals surface area (Å²) in [5.74, 6) is 0. The summed E-state index contributed by atoms with van der Waals surface area (Å²) in [5, 5.41) is 0. The third kappa shape index (κ3) is 2.80. The molecule has 0 N–H and O–H groups in total. The van der Waals surface area contributed by atoms with Crippen molar-refractivity contribution in [2.75, 3.05) is 14.1 Å². The van der Waals surface area contributed by atoms with Gasteiger partial charge in [-0.1, -0.05) is 0 Å². The van der Waals surface area contributed by atoms with Gasteiger partial charge in [0.2, 0.25) is 0 Å². The van der Waals surface area contributed by atoms with Gasteiger partial charge in [-0.25, -0.2) is 0 Å². The van der Waals surface area contributed by atoms with E-state index in [1.807, 2.05) is 0 Å². The number of rotatable bonds is 3. The van der Waals surface area contributed by atoms with Crippen LogP contribution in [0.5, 0.6) is 0 Å². The average Bonchev–Trinajstić information content (AvgIpc) is 1.69. The Morgan fingerprint density at radius 2 is 1.50 bits per heavy atom. The van der Waals surface area contributed by atoms with Gasteiger partial charge >= 0.3 is 58.0 Å². The Balaban J connectivity index is 3.35. The summed E-state index contributed by atoms with van der Waals surface area (Å²) in [5.41, 5.74) is 0. The Labute approximate surface area is 58.4 Å². The molecule has 0 bridgehead atoms. The first-order valence-corrected chi connectivity index (χ1v) is 7.89. The summed E-state index contributed by atoms with van der Waals surface area (Å²) in [4.78, 5) is 2.91. The molecule has 0 aromatic rings. The van der Waals surface area contributed by atoms with Gasteiger partial charge in [0.15, 0.2) is 0 Å². The maximum atomic E-state index is 2.47. The van der Waals surface area contributed by atoms with Crippen molar-refractivity contribution in [3.63, 3.8) is 0 Å². The van der Waals surface area contributed by atoms with E-state index in [2.05, 4.69) is 31.5 Å². The average molecular weight is 172 g/mol. The molecule has 0 atom stereocenters. The van der Waals surface area contributed by atoms with Crippen LogP contribution in [0.25, 0.3) is 0 Å². The summed E-state index contributed by atoms with van der Waals surface area (Å²) in [6, 6.07) is 0. The van der Waals surface area contributed by atoms with Crippen LogP contribution in [0.3, 0.4) is 0 Å². The van der Waals surface area contributed by atoms with Gasteiger partial charge in [0.25, 0.3) is 0 Å². The molecule has 0 aromatic heterocycles. The number of nitrogens with zero attached hydrogens (tertiary/aromatic N) is 1. The predicted octanol–water partition coefficient (Wildman–Crippen LogP) is 1.58. The molecule has 0 radical (unpaired) electrons. The van der Waals surface area contributed by atoms with Crippen molar-refractivity contribution in [2.45, 2.75) is 23.8 Å². The van der Waals surface area contributed by atoms with Gasteiger partial charge in [-0.15, -0.1) is 0 Å². The Kier molecular flexibility index (Phi) is 4.81. The predicted molar refractivity (Wildman–Crippen MR) is 40.4 cm³/mol. The van der Waals surface area contributed by atoms with Crippen LogP contribution in [-0.2, 0) is 0 Å². The second kappa shape index (κ2) is 4.47. The van der Waals surface area contributed by atoms with Crippen molar-refractivity contribution in [3.8, 4) is 0 Å². The Morgan fingerprint density at radius 3 is 1.50 bits per heavy atom. The van der Waals surface area contributed by atoms with E-state index >= 15 is 0 Å². The zero-order valence-corrected chi connectivity index (χ0v) is 8.86. The number of hydrogen-bond donors (Lipinski definition) is 0. The molecule has 0 heterocycles. The van der Waals surface area contributed by atoms with Crippen LogP contribution in [0.15, 0.2) is 0 Å². The third-order valence-corrected chi connectivity index (χ3v) is 8.69. The van der Waals surface area contributed by atoms with Crippen LogP contribution >= 0.6 is 0 Å².